The lowest BCUT2D eigenvalue weighted by Crippen LogP contribution is -2.37. The van der Waals surface area contributed by atoms with Crippen LogP contribution in [0.25, 0.3) is 0 Å². The van der Waals surface area contributed by atoms with Crippen LogP contribution in [0, 0.1) is 13.8 Å². The molecular formula is C16H20N2O3S2. The average molecular weight is 352 g/mol. The predicted molar refractivity (Wildman–Crippen MR) is 93.5 cm³/mol. The second kappa shape index (κ2) is 7.25. The lowest BCUT2D eigenvalue weighted by Gasteiger charge is -2.23. The maximum Gasteiger partial charge on any atom is 0.250 e. The summed E-state index contributed by atoms with van der Waals surface area (Å²) >= 11 is 1.23. The third-order valence-electron chi connectivity index (χ3n) is 3.39. The van der Waals surface area contributed by atoms with Crippen LogP contribution in [0.3, 0.4) is 0 Å². The van der Waals surface area contributed by atoms with Gasteiger partial charge in [-0.25, -0.2) is 13.1 Å². The molecule has 1 N–H and O–H groups in total. The van der Waals surface area contributed by atoms with Crippen LogP contribution in [0.4, 0.5) is 5.69 Å². The summed E-state index contributed by atoms with van der Waals surface area (Å²) in [6.45, 7) is 5.70. The van der Waals surface area contributed by atoms with E-state index in [1.807, 2.05) is 38.1 Å². The van der Waals surface area contributed by atoms with Crippen LogP contribution in [0.5, 0.6) is 0 Å². The summed E-state index contributed by atoms with van der Waals surface area (Å²) in [5.74, 6) is -0.120. The van der Waals surface area contributed by atoms with Gasteiger partial charge in [0.1, 0.15) is 4.21 Å². The maximum atomic E-state index is 12.2. The molecule has 2 aromatic rings. The largest absolute Gasteiger partial charge is 0.311 e. The molecule has 1 aromatic heterocycles. The Bertz CT molecular complexity index is 797. The Morgan fingerprint density at radius 3 is 2.43 bits per heavy atom. The summed E-state index contributed by atoms with van der Waals surface area (Å²) in [5, 5.41) is 0. The van der Waals surface area contributed by atoms with Gasteiger partial charge in [-0.05, 0) is 37.6 Å². The first-order valence-corrected chi connectivity index (χ1v) is 9.51. The highest BCUT2D eigenvalue weighted by molar-refractivity contribution is 7.91. The molecule has 23 heavy (non-hydrogen) atoms. The van der Waals surface area contributed by atoms with Gasteiger partial charge in [0, 0.05) is 30.6 Å². The fraction of sp³-hybridized carbons (Fsp3) is 0.312. The van der Waals surface area contributed by atoms with E-state index in [-0.39, 0.29) is 19.0 Å². The van der Waals surface area contributed by atoms with Gasteiger partial charge in [-0.3, -0.25) is 4.79 Å². The van der Waals surface area contributed by atoms with Crippen molar-refractivity contribution in [3.8, 4) is 0 Å². The second-order valence-electron chi connectivity index (χ2n) is 5.22. The number of hydrogen-bond acceptors (Lipinski definition) is 4. The fourth-order valence-corrected chi connectivity index (χ4v) is 4.58. The number of nitrogens with one attached hydrogen (secondary N) is 1. The number of carbonyl (C=O) groups excluding carboxylic acids is 1. The van der Waals surface area contributed by atoms with Gasteiger partial charge in [0.2, 0.25) is 15.9 Å². The van der Waals surface area contributed by atoms with Crippen molar-refractivity contribution in [1.29, 1.82) is 0 Å². The van der Waals surface area contributed by atoms with Crippen molar-refractivity contribution in [2.75, 3.05) is 18.0 Å². The van der Waals surface area contributed by atoms with Crippen molar-refractivity contribution < 1.29 is 13.2 Å². The van der Waals surface area contributed by atoms with Crippen molar-refractivity contribution in [3.05, 3.63) is 46.8 Å². The Labute approximate surface area is 141 Å². The zero-order valence-corrected chi connectivity index (χ0v) is 15.0. The number of para-hydroxylation sites is 1. The molecule has 2 rings (SSSR count). The van der Waals surface area contributed by atoms with Gasteiger partial charge in [0.05, 0.1) is 0 Å². The zero-order valence-electron chi connectivity index (χ0n) is 13.4. The van der Waals surface area contributed by atoms with E-state index in [0.29, 0.717) is 4.21 Å². The van der Waals surface area contributed by atoms with E-state index < -0.39 is 10.0 Å². The SMILES string of the molecule is CC(=O)N(CCNS(=O)(=O)c1ccc(C)s1)c1ccccc1C. The summed E-state index contributed by atoms with van der Waals surface area (Å²) in [6, 6.07) is 10.9. The van der Waals surface area contributed by atoms with E-state index in [9.17, 15) is 13.2 Å². The molecule has 0 spiro atoms. The normalized spacial score (nSPS) is 11.4. The monoisotopic (exact) mass is 352 g/mol. The van der Waals surface area contributed by atoms with Crippen LogP contribution < -0.4 is 9.62 Å². The summed E-state index contributed by atoms with van der Waals surface area (Å²) < 4.78 is 27.2. The molecule has 124 valence electrons. The lowest BCUT2D eigenvalue weighted by molar-refractivity contribution is -0.116. The highest BCUT2D eigenvalue weighted by atomic mass is 32.2. The first-order chi connectivity index (χ1) is 10.8. The molecule has 0 bridgehead atoms. The molecule has 1 aromatic carbocycles. The minimum Gasteiger partial charge on any atom is -0.311 e. The van der Waals surface area contributed by atoms with Crippen LogP contribution in [-0.4, -0.2) is 27.4 Å². The van der Waals surface area contributed by atoms with Crippen LogP contribution in [0.15, 0.2) is 40.6 Å². The number of aryl methyl sites for hydroxylation is 2. The predicted octanol–water partition coefficient (Wildman–Crippen LogP) is 2.70. The minimum atomic E-state index is -3.52. The smallest absolute Gasteiger partial charge is 0.250 e. The number of sulfonamides is 1. The summed E-state index contributed by atoms with van der Waals surface area (Å²) in [4.78, 5) is 14.4. The van der Waals surface area contributed by atoms with Gasteiger partial charge in [-0.2, -0.15) is 0 Å². The van der Waals surface area contributed by atoms with Crippen molar-refractivity contribution in [2.24, 2.45) is 0 Å². The molecule has 1 amide bonds. The van der Waals surface area contributed by atoms with Crippen LogP contribution in [0.2, 0.25) is 0 Å². The summed E-state index contributed by atoms with van der Waals surface area (Å²) in [6.07, 6.45) is 0. The second-order valence-corrected chi connectivity index (χ2v) is 8.50. The van der Waals surface area contributed by atoms with E-state index >= 15 is 0 Å². The molecule has 0 atom stereocenters. The van der Waals surface area contributed by atoms with Gasteiger partial charge >= 0.3 is 0 Å². The number of hydrogen-bond donors (Lipinski definition) is 1. The Hall–Kier alpha value is -1.70. The first-order valence-electron chi connectivity index (χ1n) is 7.21. The van der Waals surface area contributed by atoms with Gasteiger partial charge in [0.25, 0.3) is 0 Å². The molecule has 0 aliphatic heterocycles. The van der Waals surface area contributed by atoms with Crippen molar-refractivity contribution in [3.63, 3.8) is 0 Å². The Balaban J connectivity index is 2.06. The Kier molecular flexibility index (Phi) is 5.56. The first kappa shape index (κ1) is 17.7. The van der Waals surface area contributed by atoms with Gasteiger partial charge < -0.3 is 4.90 Å². The lowest BCUT2D eigenvalue weighted by atomic mass is 10.2. The fourth-order valence-electron chi connectivity index (χ4n) is 2.23. The van der Waals surface area contributed by atoms with Crippen LogP contribution in [-0.2, 0) is 14.8 Å². The van der Waals surface area contributed by atoms with Gasteiger partial charge in [0.15, 0.2) is 0 Å². The van der Waals surface area contributed by atoms with Gasteiger partial charge in [-0.1, -0.05) is 18.2 Å². The maximum absolute atomic E-state index is 12.2. The highest BCUT2D eigenvalue weighted by Gasteiger charge is 2.18. The number of thiophene rings is 1. The molecular weight excluding hydrogens is 332 g/mol. The quantitative estimate of drug-likeness (QED) is 0.869. The number of carbonyl (C=O) groups is 1. The standard InChI is InChI=1S/C16H20N2O3S2/c1-12-6-4-5-7-15(12)18(14(3)19)11-10-17-23(20,21)16-9-8-13(2)22-16/h4-9,17H,10-11H2,1-3H3. The number of anilines is 1. The molecule has 0 saturated carbocycles. The van der Waals surface area contributed by atoms with Crippen LogP contribution >= 0.6 is 11.3 Å². The molecule has 5 nitrogen and oxygen atoms in total. The van der Waals surface area contributed by atoms with E-state index in [4.69, 9.17) is 0 Å². The Morgan fingerprint density at radius 1 is 1.17 bits per heavy atom. The Morgan fingerprint density at radius 2 is 1.87 bits per heavy atom. The summed E-state index contributed by atoms with van der Waals surface area (Å²) in [7, 11) is -3.52. The molecule has 0 unspecified atom stereocenters. The summed E-state index contributed by atoms with van der Waals surface area (Å²) in [5.41, 5.74) is 1.77. The van der Waals surface area contributed by atoms with E-state index in [1.165, 1.54) is 18.3 Å². The van der Waals surface area contributed by atoms with E-state index in [0.717, 1.165) is 16.1 Å². The zero-order chi connectivity index (χ0) is 17.0. The topological polar surface area (TPSA) is 66.5 Å². The van der Waals surface area contributed by atoms with Gasteiger partial charge in [-0.15, -0.1) is 11.3 Å². The molecule has 0 radical (unpaired) electrons. The number of nitrogens with zero attached hydrogens (tertiary/aromatic N) is 1. The third kappa shape index (κ3) is 4.40. The average Bonchev–Trinajstić information content (AvgIpc) is 2.92. The van der Waals surface area contributed by atoms with Crippen LogP contribution in [0.1, 0.15) is 17.4 Å². The molecule has 0 aliphatic rings. The number of rotatable bonds is 6. The van der Waals surface area contributed by atoms with Crippen molar-refractivity contribution >= 4 is 33.0 Å². The highest BCUT2D eigenvalue weighted by Crippen LogP contribution is 2.21. The molecule has 0 saturated heterocycles. The molecule has 0 fully saturated rings. The molecule has 0 aliphatic carbocycles. The molecule has 7 heteroatoms. The third-order valence-corrected chi connectivity index (χ3v) is 6.35. The molecule has 1 heterocycles. The minimum absolute atomic E-state index is 0.120. The van der Waals surface area contributed by atoms with E-state index in [1.54, 1.807) is 17.0 Å². The van der Waals surface area contributed by atoms with E-state index in [2.05, 4.69) is 4.72 Å². The van der Waals surface area contributed by atoms with Crippen molar-refractivity contribution in [2.45, 2.75) is 25.0 Å². The van der Waals surface area contributed by atoms with Crippen molar-refractivity contribution in [1.82, 2.24) is 4.72 Å². The number of benzene rings is 1. The number of amides is 1.